The van der Waals surface area contributed by atoms with Crippen LogP contribution in [0.15, 0.2) is 0 Å². The summed E-state index contributed by atoms with van der Waals surface area (Å²) in [5.74, 6) is 1.86. The first-order valence-electron chi connectivity index (χ1n) is 7.96. The van der Waals surface area contributed by atoms with Crippen LogP contribution in [0.5, 0.6) is 0 Å². The summed E-state index contributed by atoms with van der Waals surface area (Å²) in [7, 11) is -1.88. The normalized spacial score (nSPS) is 24.7. The average Bonchev–Trinajstić information content (AvgIpc) is 2.73. The number of carbonyl (C=O) groups is 1. The topological polar surface area (TPSA) is 70.2 Å². The molecule has 0 spiro atoms. The number of rotatable bonds is 5. The summed E-state index contributed by atoms with van der Waals surface area (Å²) in [6, 6.07) is 0.140. The first kappa shape index (κ1) is 19.0. The number of ether oxygens (including phenoxy) is 1. The molecule has 0 unspecified atom stereocenters. The lowest BCUT2D eigenvalue weighted by atomic mass is 10.2. The number of sulfonamides is 1. The lowest BCUT2D eigenvalue weighted by Gasteiger charge is -2.36. The first-order chi connectivity index (χ1) is 10.9. The van der Waals surface area contributed by atoms with Gasteiger partial charge < -0.3 is 9.64 Å². The SMILES string of the molecule is CN(CC(=O)N1CCCSC[C@@H]1CN1CCOCC1)S(C)(=O)=O. The van der Waals surface area contributed by atoms with Crippen molar-refractivity contribution in [2.24, 2.45) is 0 Å². The lowest BCUT2D eigenvalue weighted by molar-refractivity contribution is -0.133. The Morgan fingerprint density at radius 3 is 2.65 bits per heavy atom. The second-order valence-corrected chi connectivity index (χ2v) is 9.34. The van der Waals surface area contributed by atoms with E-state index in [0.29, 0.717) is 6.54 Å². The molecule has 0 aliphatic carbocycles. The summed E-state index contributed by atoms with van der Waals surface area (Å²) in [6.07, 6.45) is 2.09. The van der Waals surface area contributed by atoms with Gasteiger partial charge in [0, 0.05) is 39.0 Å². The highest BCUT2D eigenvalue weighted by Crippen LogP contribution is 2.18. The molecule has 0 bridgehead atoms. The van der Waals surface area contributed by atoms with Crippen molar-refractivity contribution >= 4 is 27.7 Å². The zero-order valence-electron chi connectivity index (χ0n) is 13.9. The third-order valence-corrected chi connectivity index (χ3v) is 6.72. The van der Waals surface area contributed by atoms with Crippen LogP contribution in [0, 0.1) is 0 Å². The Balaban J connectivity index is 2.00. The van der Waals surface area contributed by atoms with E-state index in [-0.39, 0.29) is 18.5 Å². The van der Waals surface area contributed by atoms with Gasteiger partial charge in [-0.25, -0.2) is 8.42 Å². The minimum atomic E-state index is -3.34. The van der Waals surface area contributed by atoms with Crippen LogP contribution in [-0.4, -0.2) is 105 Å². The zero-order valence-corrected chi connectivity index (χ0v) is 15.6. The Kier molecular flexibility index (Phi) is 7.15. The second-order valence-electron chi connectivity index (χ2n) is 6.10. The molecule has 2 heterocycles. The minimum Gasteiger partial charge on any atom is -0.379 e. The number of morpholine rings is 1. The molecule has 2 rings (SSSR count). The van der Waals surface area contributed by atoms with Gasteiger partial charge in [0.25, 0.3) is 0 Å². The highest BCUT2D eigenvalue weighted by atomic mass is 32.2. The molecule has 0 radical (unpaired) electrons. The van der Waals surface area contributed by atoms with E-state index in [4.69, 9.17) is 4.74 Å². The quantitative estimate of drug-likeness (QED) is 0.657. The van der Waals surface area contributed by atoms with Gasteiger partial charge >= 0.3 is 0 Å². The van der Waals surface area contributed by atoms with Crippen LogP contribution in [0.1, 0.15) is 6.42 Å². The van der Waals surface area contributed by atoms with Gasteiger partial charge in [-0.2, -0.15) is 16.1 Å². The molecule has 23 heavy (non-hydrogen) atoms. The predicted octanol–water partition coefficient (Wildman–Crippen LogP) is -0.456. The molecule has 2 aliphatic heterocycles. The third-order valence-electron chi connectivity index (χ3n) is 4.26. The molecular formula is C14H27N3O4S2. The summed E-state index contributed by atoms with van der Waals surface area (Å²) in [4.78, 5) is 16.8. The molecule has 2 fully saturated rings. The van der Waals surface area contributed by atoms with Crippen molar-refractivity contribution in [3.63, 3.8) is 0 Å². The largest absolute Gasteiger partial charge is 0.379 e. The molecule has 0 aromatic carbocycles. The van der Waals surface area contributed by atoms with Crippen molar-refractivity contribution in [1.82, 2.24) is 14.1 Å². The van der Waals surface area contributed by atoms with Crippen LogP contribution in [-0.2, 0) is 19.6 Å². The molecule has 1 amide bonds. The summed E-state index contributed by atoms with van der Waals surface area (Å²) in [6.45, 7) is 4.74. The summed E-state index contributed by atoms with van der Waals surface area (Å²) in [5, 5.41) is 0. The van der Waals surface area contributed by atoms with E-state index in [2.05, 4.69) is 4.90 Å². The number of nitrogens with zero attached hydrogens (tertiary/aromatic N) is 3. The fraction of sp³-hybridized carbons (Fsp3) is 0.929. The van der Waals surface area contributed by atoms with Crippen LogP contribution in [0.2, 0.25) is 0 Å². The molecule has 0 N–H and O–H groups in total. The molecule has 0 saturated carbocycles. The molecule has 0 aromatic heterocycles. The van der Waals surface area contributed by atoms with Crippen LogP contribution < -0.4 is 0 Å². The van der Waals surface area contributed by atoms with Crippen molar-refractivity contribution in [3.05, 3.63) is 0 Å². The van der Waals surface area contributed by atoms with E-state index in [1.807, 2.05) is 16.7 Å². The molecule has 9 heteroatoms. The Labute approximate surface area is 143 Å². The Hall–Kier alpha value is -0.350. The fourth-order valence-electron chi connectivity index (χ4n) is 2.79. The number of carbonyl (C=O) groups excluding carboxylic acids is 1. The molecule has 1 atom stereocenters. The van der Waals surface area contributed by atoms with Crippen LogP contribution in [0.4, 0.5) is 0 Å². The maximum absolute atomic E-state index is 12.6. The van der Waals surface area contributed by atoms with Crippen molar-refractivity contribution < 1.29 is 17.9 Å². The van der Waals surface area contributed by atoms with Gasteiger partial charge in [0.15, 0.2) is 0 Å². The molecule has 134 valence electrons. The average molecular weight is 366 g/mol. The van der Waals surface area contributed by atoms with Gasteiger partial charge in [0.1, 0.15) is 0 Å². The standard InChI is InChI=1S/C14H27N3O4S2/c1-15(23(2,19)20)11-14(18)17-4-3-9-22-12-13(17)10-16-5-7-21-8-6-16/h13H,3-12H2,1-2H3/t13-/m0/s1. The van der Waals surface area contributed by atoms with Gasteiger partial charge in [-0.15, -0.1) is 0 Å². The number of hydrogen-bond acceptors (Lipinski definition) is 6. The summed E-state index contributed by atoms with van der Waals surface area (Å²) < 4.78 is 29.6. The Morgan fingerprint density at radius 1 is 1.30 bits per heavy atom. The van der Waals surface area contributed by atoms with Gasteiger partial charge in [0.05, 0.1) is 32.1 Å². The van der Waals surface area contributed by atoms with E-state index in [0.717, 1.165) is 61.3 Å². The number of likely N-dealkylation sites (N-methyl/N-ethyl adjacent to an activating group) is 1. The Morgan fingerprint density at radius 2 is 2.00 bits per heavy atom. The first-order valence-corrected chi connectivity index (χ1v) is 11.0. The highest BCUT2D eigenvalue weighted by Gasteiger charge is 2.29. The number of hydrogen-bond donors (Lipinski definition) is 0. The number of thioether (sulfide) groups is 1. The molecule has 2 saturated heterocycles. The van der Waals surface area contributed by atoms with Crippen LogP contribution >= 0.6 is 11.8 Å². The smallest absolute Gasteiger partial charge is 0.238 e. The summed E-state index contributed by atoms with van der Waals surface area (Å²) >= 11 is 1.87. The second kappa shape index (κ2) is 8.66. The maximum atomic E-state index is 12.6. The van der Waals surface area contributed by atoms with Crippen LogP contribution in [0.25, 0.3) is 0 Å². The Bertz CT molecular complexity index is 494. The predicted molar refractivity (Wildman–Crippen MR) is 92.2 cm³/mol. The van der Waals surface area contributed by atoms with E-state index in [1.165, 1.54) is 7.05 Å². The van der Waals surface area contributed by atoms with E-state index in [1.54, 1.807) is 0 Å². The van der Waals surface area contributed by atoms with Gasteiger partial charge in [-0.3, -0.25) is 9.69 Å². The molecule has 7 nitrogen and oxygen atoms in total. The molecule has 0 aromatic rings. The van der Waals surface area contributed by atoms with Gasteiger partial charge in [-0.1, -0.05) is 0 Å². The monoisotopic (exact) mass is 365 g/mol. The van der Waals surface area contributed by atoms with Gasteiger partial charge in [-0.05, 0) is 12.2 Å². The van der Waals surface area contributed by atoms with E-state index < -0.39 is 10.0 Å². The molecular weight excluding hydrogens is 338 g/mol. The highest BCUT2D eigenvalue weighted by molar-refractivity contribution is 7.99. The van der Waals surface area contributed by atoms with E-state index >= 15 is 0 Å². The van der Waals surface area contributed by atoms with Crippen molar-refractivity contribution in [1.29, 1.82) is 0 Å². The maximum Gasteiger partial charge on any atom is 0.238 e. The lowest BCUT2D eigenvalue weighted by Crippen LogP contribution is -2.52. The third kappa shape index (κ3) is 5.90. The number of amides is 1. The van der Waals surface area contributed by atoms with Gasteiger partial charge in [0.2, 0.25) is 15.9 Å². The molecule has 2 aliphatic rings. The van der Waals surface area contributed by atoms with E-state index in [9.17, 15) is 13.2 Å². The van der Waals surface area contributed by atoms with Crippen LogP contribution in [0.3, 0.4) is 0 Å². The fourth-order valence-corrected chi connectivity index (χ4v) is 4.19. The summed E-state index contributed by atoms with van der Waals surface area (Å²) in [5.41, 5.74) is 0. The van der Waals surface area contributed by atoms with Crippen molar-refractivity contribution in [3.8, 4) is 0 Å². The minimum absolute atomic E-state index is 0.0802. The van der Waals surface area contributed by atoms with Crippen molar-refractivity contribution in [2.75, 3.05) is 70.7 Å². The zero-order chi connectivity index (χ0) is 16.9. The van der Waals surface area contributed by atoms with Crippen molar-refractivity contribution in [2.45, 2.75) is 12.5 Å².